The summed E-state index contributed by atoms with van der Waals surface area (Å²) >= 11 is 4.36. The summed E-state index contributed by atoms with van der Waals surface area (Å²) < 4.78 is 5.59. The number of hydrogen-bond donors (Lipinski definition) is 0. The standard InChI is InChI=1S/C18H17IN3S/c1-13-7-9-14(10-8-13)17-20-22-16(11-19)12-23-18(22)21(17)15-5-3-2-4-6-15/h2-10,16H,11-12H2,1H3/q+1/t16-/m1/s1. The van der Waals surface area contributed by atoms with Crippen molar-refractivity contribution in [1.29, 1.82) is 0 Å². The highest BCUT2D eigenvalue weighted by Crippen LogP contribution is 2.34. The van der Waals surface area contributed by atoms with Gasteiger partial charge in [-0.15, -0.1) is 0 Å². The number of alkyl halides is 1. The van der Waals surface area contributed by atoms with Crippen LogP contribution in [0.3, 0.4) is 0 Å². The molecule has 0 fully saturated rings. The molecule has 116 valence electrons. The first-order valence-electron chi connectivity index (χ1n) is 7.63. The van der Waals surface area contributed by atoms with E-state index >= 15 is 0 Å². The summed E-state index contributed by atoms with van der Waals surface area (Å²) in [5, 5.41) is 6.20. The zero-order valence-corrected chi connectivity index (χ0v) is 15.8. The van der Waals surface area contributed by atoms with Gasteiger partial charge in [0.25, 0.3) is 0 Å². The Bertz CT molecular complexity index is 827. The predicted molar refractivity (Wildman–Crippen MR) is 103 cm³/mol. The summed E-state index contributed by atoms with van der Waals surface area (Å²) in [5.41, 5.74) is 3.60. The molecular formula is C18H17IN3S+. The van der Waals surface area contributed by atoms with Gasteiger partial charge in [0.15, 0.2) is 0 Å². The number of hydrogen-bond acceptors (Lipinski definition) is 2. The fraction of sp³-hybridized carbons (Fsp3) is 0.222. The Kier molecular flexibility index (Phi) is 4.15. The van der Waals surface area contributed by atoms with Gasteiger partial charge in [0.1, 0.15) is 11.7 Å². The molecule has 0 radical (unpaired) electrons. The summed E-state index contributed by atoms with van der Waals surface area (Å²) in [6, 6.07) is 19.6. The van der Waals surface area contributed by atoms with Gasteiger partial charge in [-0.1, -0.05) is 63.2 Å². The molecule has 2 aromatic carbocycles. The minimum atomic E-state index is 0.477. The number of aromatic nitrogens is 3. The third-order valence-corrected chi connectivity index (χ3v) is 6.25. The van der Waals surface area contributed by atoms with Crippen molar-refractivity contribution in [2.24, 2.45) is 0 Å². The van der Waals surface area contributed by atoms with Gasteiger partial charge in [-0.2, -0.15) is 4.57 Å². The first kappa shape index (κ1) is 15.2. The molecule has 0 amide bonds. The number of fused-ring (bicyclic) bond motifs is 1. The molecule has 23 heavy (non-hydrogen) atoms. The first-order valence-corrected chi connectivity index (χ1v) is 10.1. The number of nitrogens with zero attached hydrogens (tertiary/aromatic N) is 3. The second-order valence-electron chi connectivity index (χ2n) is 5.71. The lowest BCUT2D eigenvalue weighted by Crippen LogP contribution is -2.33. The van der Waals surface area contributed by atoms with Crippen LogP contribution in [-0.2, 0) is 0 Å². The Morgan fingerprint density at radius 2 is 1.91 bits per heavy atom. The monoisotopic (exact) mass is 434 g/mol. The molecule has 1 aromatic heterocycles. The molecule has 0 saturated heterocycles. The number of para-hydroxylation sites is 1. The number of halogens is 1. The van der Waals surface area contributed by atoms with Gasteiger partial charge in [-0.05, 0) is 43.0 Å². The second-order valence-corrected chi connectivity index (χ2v) is 7.57. The van der Waals surface area contributed by atoms with Crippen molar-refractivity contribution in [2.45, 2.75) is 18.1 Å². The average Bonchev–Trinajstić information content (AvgIpc) is 3.15. The zero-order chi connectivity index (χ0) is 15.8. The Hall–Kier alpha value is -1.34. The third kappa shape index (κ3) is 2.70. The van der Waals surface area contributed by atoms with Crippen LogP contribution in [0.5, 0.6) is 0 Å². The minimum Gasteiger partial charge on any atom is -0.184 e. The van der Waals surface area contributed by atoms with Crippen LogP contribution in [0.4, 0.5) is 0 Å². The van der Waals surface area contributed by atoms with Gasteiger partial charge in [-0.3, -0.25) is 0 Å². The van der Waals surface area contributed by atoms with E-state index in [-0.39, 0.29) is 0 Å². The highest BCUT2D eigenvalue weighted by Gasteiger charge is 2.38. The molecule has 1 aliphatic rings. The van der Waals surface area contributed by atoms with Gasteiger partial charge in [0.05, 0.1) is 5.56 Å². The Balaban J connectivity index is 1.93. The molecule has 1 aliphatic heterocycles. The smallest absolute Gasteiger partial charge is 0.184 e. The largest absolute Gasteiger partial charge is 0.314 e. The van der Waals surface area contributed by atoms with E-state index in [1.165, 1.54) is 16.4 Å². The SMILES string of the molecule is Cc1ccc(-c2nn3c([n+]2-c2ccccc2)SC[C@H]3CI)cc1. The highest BCUT2D eigenvalue weighted by molar-refractivity contribution is 14.1. The molecule has 0 N–H and O–H groups in total. The molecule has 4 rings (SSSR count). The fourth-order valence-corrected chi connectivity index (χ4v) is 5.15. The van der Waals surface area contributed by atoms with Crippen LogP contribution in [0.15, 0.2) is 59.8 Å². The van der Waals surface area contributed by atoms with E-state index in [1.54, 1.807) is 0 Å². The van der Waals surface area contributed by atoms with Crippen LogP contribution < -0.4 is 4.57 Å². The van der Waals surface area contributed by atoms with Crippen molar-refractivity contribution >= 4 is 34.4 Å². The van der Waals surface area contributed by atoms with Crippen LogP contribution in [0.1, 0.15) is 11.6 Å². The second kappa shape index (κ2) is 6.28. The number of aryl methyl sites for hydroxylation is 1. The lowest BCUT2D eigenvalue weighted by atomic mass is 10.1. The van der Waals surface area contributed by atoms with Gasteiger partial charge in [-0.25, -0.2) is 0 Å². The van der Waals surface area contributed by atoms with E-state index in [0.717, 1.165) is 21.6 Å². The molecule has 0 spiro atoms. The highest BCUT2D eigenvalue weighted by atomic mass is 127. The van der Waals surface area contributed by atoms with Crippen LogP contribution in [0.25, 0.3) is 17.1 Å². The van der Waals surface area contributed by atoms with Gasteiger partial charge >= 0.3 is 11.0 Å². The predicted octanol–water partition coefficient (Wildman–Crippen LogP) is 4.22. The molecule has 2 heterocycles. The summed E-state index contributed by atoms with van der Waals surface area (Å²) in [4.78, 5) is 0. The average molecular weight is 434 g/mol. The molecule has 3 aromatic rings. The summed E-state index contributed by atoms with van der Waals surface area (Å²) in [6.45, 7) is 2.12. The molecule has 0 aliphatic carbocycles. The Labute approximate surface area is 153 Å². The number of thioether (sulfide) groups is 1. The van der Waals surface area contributed by atoms with Crippen molar-refractivity contribution in [3.05, 3.63) is 60.2 Å². The molecule has 0 unspecified atom stereocenters. The minimum absolute atomic E-state index is 0.477. The van der Waals surface area contributed by atoms with Crippen molar-refractivity contribution in [3.8, 4) is 17.1 Å². The van der Waals surface area contributed by atoms with Crippen molar-refractivity contribution in [3.63, 3.8) is 0 Å². The maximum absolute atomic E-state index is 4.97. The van der Waals surface area contributed by atoms with E-state index in [9.17, 15) is 0 Å². The zero-order valence-electron chi connectivity index (χ0n) is 12.8. The fourth-order valence-electron chi connectivity index (χ4n) is 2.80. The van der Waals surface area contributed by atoms with Gasteiger partial charge in [0.2, 0.25) is 0 Å². The maximum Gasteiger partial charge on any atom is 0.314 e. The topological polar surface area (TPSA) is 21.7 Å². The van der Waals surface area contributed by atoms with Crippen molar-refractivity contribution in [1.82, 2.24) is 9.78 Å². The van der Waals surface area contributed by atoms with E-state index < -0.39 is 0 Å². The van der Waals surface area contributed by atoms with Crippen LogP contribution in [0.2, 0.25) is 0 Å². The number of benzene rings is 2. The van der Waals surface area contributed by atoms with Gasteiger partial charge in [0, 0.05) is 15.3 Å². The number of rotatable bonds is 3. The van der Waals surface area contributed by atoms with Crippen molar-refractivity contribution in [2.75, 3.05) is 10.2 Å². The summed E-state index contributed by atoms with van der Waals surface area (Å²) in [6.07, 6.45) is 0. The quantitative estimate of drug-likeness (QED) is 0.350. The first-order chi connectivity index (χ1) is 11.3. The van der Waals surface area contributed by atoms with Gasteiger partial charge < -0.3 is 0 Å². The molecule has 0 saturated carbocycles. The normalized spacial score (nSPS) is 16.5. The Morgan fingerprint density at radius 3 is 2.61 bits per heavy atom. The van der Waals surface area contributed by atoms with Crippen LogP contribution in [-0.4, -0.2) is 20.0 Å². The summed E-state index contributed by atoms with van der Waals surface area (Å²) in [7, 11) is 0. The van der Waals surface area contributed by atoms with E-state index in [0.29, 0.717) is 6.04 Å². The molecule has 0 bridgehead atoms. The summed E-state index contributed by atoms with van der Waals surface area (Å²) in [5.74, 6) is 2.12. The van der Waals surface area contributed by atoms with E-state index in [2.05, 4.69) is 93.4 Å². The van der Waals surface area contributed by atoms with E-state index in [4.69, 9.17) is 5.10 Å². The van der Waals surface area contributed by atoms with Crippen LogP contribution >= 0.6 is 34.4 Å². The van der Waals surface area contributed by atoms with E-state index in [1.807, 2.05) is 11.8 Å². The third-order valence-electron chi connectivity index (χ3n) is 4.05. The molecule has 5 heteroatoms. The molecule has 3 nitrogen and oxygen atoms in total. The lowest BCUT2D eigenvalue weighted by molar-refractivity contribution is -0.626. The molecular weight excluding hydrogens is 417 g/mol. The van der Waals surface area contributed by atoms with Crippen molar-refractivity contribution < 1.29 is 4.57 Å². The van der Waals surface area contributed by atoms with Crippen LogP contribution in [0, 0.1) is 6.92 Å². The molecule has 1 atom stereocenters. The maximum atomic E-state index is 4.97. The lowest BCUT2D eigenvalue weighted by Gasteiger charge is -2.03. The Morgan fingerprint density at radius 1 is 1.17 bits per heavy atom.